The number of hydrogen-bond donors (Lipinski definition) is 1. The van der Waals surface area contributed by atoms with Crippen molar-refractivity contribution in [2.75, 3.05) is 0 Å². The van der Waals surface area contributed by atoms with Crippen LogP contribution in [0.2, 0.25) is 0 Å². The first kappa shape index (κ1) is 10.1. The van der Waals surface area contributed by atoms with Crippen LogP contribution in [0.15, 0.2) is 29.4 Å². The molecule has 0 aliphatic heterocycles. The molecule has 82 valence electrons. The van der Waals surface area contributed by atoms with E-state index in [1.807, 2.05) is 0 Å². The van der Waals surface area contributed by atoms with Crippen LogP contribution in [0.4, 0.5) is 0 Å². The van der Waals surface area contributed by atoms with Crippen molar-refractivity contribution in [2.24, 2.45) is 0 Å². The summed E-state index contributed by atoms with van der Waals surface area (Å²) in [4.78, 5) is 18.3. The van der Waals surface area contributed by atoms with Crippen molar-refractivity contribution >= 4 is 5.97 Å². The standard InChI is InChI=1S/C9H7N3O4/c13-9(14)6-1-2-10-3-7(6)15-4-8-11-5-16-12-8/h1-3,5H,4H2,(H,13,14). The Bertz CT molecular complexity index is 483. The minimum absolute atomic E-state index is 0.0302. The summed E-state index contributed by atoms with van der Waals surface area (Å²) >= 11 is 0. The van der Waals surface area contributed by atoms with Gasteiger partial charge in [0.25, 0.3) is 0 Å². The van der Waals surface area contributed by atoms with Gasteiger partial charge in [-0.2, -0.15) is 4.98 Å². The molecule has 0 aromatic carbocycles. The van der Waals surface area contributed by atoms with E-state index in [1.54, 1.807) is 0 Å². The molecule has 0 radical (unpaired) electrons. The van der Waals surface area contributed by atoms with Gasteiger partial charge in [-0.3, -0.25) is 4.98 Å². The molecule has 0 spiro atoms. The molecule has 0 amide bonds. The highest BCUT2D eigenvalue weighted by Gasteiger charge is 2.11. The smallest absolute Gasteiger partial charge is 0.339 e. The Morgan fingerprint density at radius 3 is 3.12 bits per heavy atom. The van der Waals surface area contributed by atoms with Crippen LogP contribution in [-0.2, 0) is 6.61 Å². The van der Waals surface area contributed by atoms with Crippen LogP contribution >= 0.6 is 0 Å². The summed E-state index contributed by atoms with van der Waals surface area (Å²) in [7, 11) is 0. The molecule has 2 rings (SSSR count). The van der Waals surface area contributed by atoms with Crippen molar-refractivity contribution in [2.45, 2.75) is 6.61 Å². The van der Waals surface area contributed by atoms with E-state index in [9.17, 15) is 4.79 Å². The second kappa shape index (κ2) is 4.39. The number of nitrogens with zero attached hydrogens (tertiary/aromatic N) is 3. The molecule has 0 unspecified atom stereocenters. The highest BCUT2D eigenvalue weighted by atomic mass is 16.5. The second-order valence-corrected chi connectivity index (χ2v) is 2.81. The van der Waals surface area contributed by atoms with Gasteiger partial charge in [0, 0.05) is 6.20 Å². The molecule has 0 bridgehead atoms. The first-order valence-electron chi connectivity index (χ1n) is 4.32. The van der Waals surface area contributed by atoms with E-state index < -0.39 is 5.97 Å². The largest absolute Gasteiger partial charge is 0.483 e. The number of ether oxygens (including phenoxy) is 1. The zero-order valence-corrected chi connectivity index (χ0v) is 8.03. The summed E-state index contributed by atoms with van der Waals surface area (Å²) in [5, 5.41) is 12.4. The molecule has 0 aliphatic carbocycles. The molecule has 16 heavy (non-hydrogen) atoms. The summed E-state index contributed by atoms with van der Waals surface area (Å²) in [6.07, 6.45) is 3.87. The Hall–Kier alpha value is -2.44. The maximum absolute atomic E-state index is 10.8. The number of pyridine rings is 1. The lowest BCUT2D eigenvalue weighted by atomic mass is 10.2. The molecular formula is C9H7N3O4. The fourth-order valence-electron chi connectivity index (χ4n) is 1.07. The first-order chi connectivity index (χ1) is 7.77. The Morgan fingerprint density at radius 1 is 1.56 bits per heavy atom. The number of carbonyl (C=O) groups is 1. The average molecular weight is 221 g/mol. The molecule has 0 saturated carbocycles. The van der Waals surface area contributed by atoms with Gasteiger partial charge in [0.1, 0.15) is 5.56 Å². The minimum Gasteiger partial charge on any atom is -0.483 e. The van der Waals surface area contributed by atoms with E-state index in [0.29, 0.717) is 5.82 Å². The summed E-state index contributed by atoms with van der Waals surface area (Å²) < 4.78 is 9.72. The number of rotatable bonds is 4. The monoisotopic (exact) mass is 221 g/mol. The van der Waals surface area contributed by atoms with E-state index >= 15 is 0 Å². The zero-order valence-electron chi connectivity index (χ0n) is 8.03. The van der Waals surface area contributed by atoms with Crippen LogP contribution in [0.3, 0.4) is 0 Å². The minimum atomic E-state index is -1.08. The van der Waals surface area contributed by atoms with Crippen LogP contribution in [0.1, 0.15) is 16.2 Å². The maximum atomic E-state index is 10.8. The summed E-state index contributed by atoms with van der Waals surface area (Å²) in [6.45, 7) is 0.0302. The highest BCUT2D eigenvalue weighted by molar-refractivity contribution is 5.90. The third kappa shape index (κ3) is 2.14. The summed E-state index contributed by atoms with van der Waals surface area (Å²) in [5.74, 6) is -0.578. The predicted molar refractivity (Wildman–Crippen MR) is 49.8 cm³/mol. The SMILES string of the molecule is O=C(O)c1ccncc1OCc1ncon1. The average Bonchev–Trinajstić information content (AvgIpc) is 2.79. The van der Waals surface area contributed by atoms with Crippen LogP contribution in [0.5, 0.6) is 5.75 Å². The third-order valence-corrected chi connectivity index (χ3v) is 1.78. The topological polar surface area (TPSA) is 98.3 Å². The lowest BCUT2D eigenvalue weighted by Crippen LogP contribution is -2.04. The van der Waals surface area contributed by atoms with E-state index in [1.165, 1.54) is 24.9 Å². The molecule has 2 heterocycles. The van der Waals surface area contributed by atoms with Crippen LogP contribution in [0.25, 0.3) is 0 Å². The van der Waals surface area contributed by atoms with Gasteiger partial charge in [-0.05, 0) is 6.07 Å². The predicted octanol–water partition coefficient (Wildman–Crippen LogP) is 0.742. The van der Waals surface area contributed by atoms with Gasteiger partial charge in [-0.15, -0.1) is 0 Å². The lowest BCUT2D eigenvalue weighted by Gasteiger charge is -2.05. The van der Waals surface area contributed by atoms with Crippen molar-refractivity contribution in [1.29, 1.82) is 0 Å². The van der Waals surface area contributed by atoms with E-state index in [2.05, 4.69) is 19.6 Å². The molecule has 2 aromatic rings. The number of carboxylic acids is 1. The Morgan fingerprint density at radius 2 is 2.44 bits per heavy atom. The van der Waals surface area contributed by atoms with Gasteiger partial charge in [0.2, 0.25) is 12.2 Å². The van der Waals surface area contributed by atoms with Gasteiger partial charge < -0.3 is 14.4 Å². The lowest BCUT2D eigenvalue weighted by molar-refractivity contribution is 0.0691. The van der Waals surface area contributed by atoms with Gasteiger partial charge in [-0.25, -0.2) is 4.79 Å². The molecule has 7 nitrogen and oxygen atoms in total. The number of aromatic carboxylic acids is 1. The third-order valence-electron chi connectivity index (χ3n) is 1.78. The molecule has 0 aliphatic rings. The van der Waals surface area contributed by atoms with Crippen molar-refractivity contribution in [3.05, 3.63) is 36.2 Å². The number of aromatic nitrogens is 3. The zero-order chi connectivity index (χ0) is 11.4. The van der Waals surface area contributed by atoms with Crippen molar-refractivity contribution < 1.29 is 19.2 Å². The fourth-order valence-corrected chi connectivity index (χ4v) is 1.07. The molecule has 0 saturated heterocycles. The molecular weight excluding hydrogens is 214 g/mol. The van der Waals surface area contributed by atoms with Gasteiger partial charge >= 0.3 is 5.97 Å². The fraction of sp³-hybridized carbons (Fsp3) is 0.111. The van der Waals surface area contributed by atoms with Gasteiger partial charge in [-0.1, -0.05) is 5.16 Å². The van der Waals surface area contributed by atoms with Gasteiger partial charge in [0.15, 0.2) is 12.4 Å². The number of hydrogen-bond acceptors (Lipinski definition) is 6. The maximum Gasteiger partial charge on any atom is 0.339 e. The normalized spacial score (nSPS) is 10.0. The van der Waals surface area contributed by atoms with Crippen molar-refractivity contribution in [3.63, 3.8) is 0 Å². The number of carboxylic acid groups (broad SMARTS) is 1. The quantitative estimate of drug-likeness (QED) is 0.812. The molecule has 1 N–H and O–H groups in total. The van der Waals surface area contributed by atoms with Gasteiger partial charge in [0.05, 0.1) is 6.20 Å². The van der Waals surface area contributed by atoms with E-state index in [0.717, 1.165) is 0 Å². The second-order valence-electron chi connectivity index (χ2n) is 2.81. The van der Waals surface area contributed by atoms with Crippen molar-refractivity contribution in [3.8, 4) is 5.75 Å². The molecule has 7 heteroatoms. The molecule has 0 fully saturated rings. The Labute approximate surface area is 89.7 Å². The summed E-state index contributed by atoms with van der Waals surface area (Å²) in [5.41, 5.74) is 0.0403. The van der Waals surface area contributed by atoms with Crippen molar-refractivity contribution in [1.82, 2.24) is 15.1 Å². The Kier molecular flexibility index (Phi) is 2.77. The molecule has 0 atom stereocenters. The van der Waals surface area contributed by atoms with Crippen LogP contribution < -0.4 is 4.74 Å². The summed E-state index contributed by atoms with van der Waals surface area (Å²) in [6, 6.07) is 1.36. The first-order valence-corrected chi connectivity index (χ1v) is 4.32. The highest BCUT2D eigenvalue weighted by Crippen LogP contribution is 2.16. The van der Waals surface area contributed by atoms with Crippen LogP contribution in [-0.4, -0.2) is 26.2 Å². The van der Waals surface area contributed by atoms with Crippen LogP contribution in [0, 0.1) is 0 Å². The van der Waals surface area contributed by atoms with E-state index in [4.69, 9.17) is 9.84 Å². The molecule has 2 aromatic heterocycles. The van der Waals surface area contributed by atoms with E-state index in [-0.39, 0.29) is 17.9 Å². The Balaban J connectivity index is 2.12.